The SMILES string of the molecule is O=C1CCC(C(=O)N2CCCC2)n2c1nn(Cc1ccc(C(F)(F)F)nc1)c2=O. The van der Waals surface area contributed by atoms with E-state index in [1.165, 1.54) is 6.07 Å². The molecule has 1 amide bonds. The molecule has 0 bridgehead atoms. The maximum absolute atomic E-state index is 12.9. The number of hydrogen-bond donors (Lipinski definition) is 0. The van der Waals surface area contributed by atoms with Crippen LogP contribution in [0.1, 0.15) is 53.6 Å². The van der Waals surface area contributed by atoms with E-state index in [1.54, 1.807) is 4.90 Å². The number of nitrogens with zero attached hydrogens (tertiary/aromatic N) is 5. The molecule has 4 rings (SSSR count). The van der Waals surface area contributed by atoms with Gasteiger partial charge in [0.1, 0.15) is 11.7 Å². The van der Waals surface area contributed by atoms with E-state index in [0.717, 1.165) is 34.4 Å². The summed E-state index contributed by atoms with van der Waals surface area (Å²) in [7, 11) is 0. The minimum atomic E-state index is -4.56. The number of rotatable bonds is 3. The number of likely N-dealkylation sites (tertiary alicyclic amines) is 1. The molecule has 29 heavy (non-hydrogen) atoms. The van der Waals surface area contributed by atoms with Gasteiger partial charge in [0.05, 0.1) is 6.54 Å². The van der Waals surface area contributed by atoms with Crippen LogP contribution in [0, 0.1) is 0 Å². The molecule has 1 saturated heterocycles. The van der Waals surface area contributed by atoms with Crippen LogP contribution in [0.15, 0.2) is 23.1 Å². The highest BCUT2D eigenvalue weighted by molar-refractivity contribution is 5.95. The Hall–Kier alpha value is -2.98. The molecule has 1 atom stereocenters. The molecule has 4 heterocycles. The normalized spacial score (nSPS) is 19.5. The van der Waals surface area contributed by atoms with Crippen molar-refractivity contribution in [2.45, 2.75) is 44.4 Å². The summed E-state index contributed by atoms with van der Waals surface area (Å²) in [4.78, 5) is 43.0. The average Bonchev–Trinajstić information content (AvgIpc) is 3.32. The van der Waals surface area contributed by atoms with Crippen LogP contribution < -0.4 is 5.69 Å². The van der Waals surface area contributed by atoms with E-state index < -0.39 is 23.6 Å². The number of alkyl halides is 3. The Labute approximate surface area is 162 Å². The summed E-state index contributed by atoms with van der Waals surface area (Å²) in [6.45, 7) is 1.10. The third-order valence-electron chi connectivity index (χ3n) is 5.23. The lowest BCUT2D eigenvalue weighted by molar-refractivity contribution is -0.141. The molecule has 8 nitrogen and oxygen atoms in total. The zero-order valence-electron chi connectivity index (χ0n) is 15.4. The van der Waals surface area contributed by atoms with Crippen LogP contribution in [0.25, 0.3) is 0 Å². The van der Waals surface area contributed by atoms with Crippen LogP contribution in [0.4, 0.5) is 13.2 Å². The molecule has 2 aromatic heterocycles. The van der Waals surface area contributed by atoms with Crippen molar-refractivity contribution in [2.24, 2.45) is 0 Å². The molecule has 2 aliphatic heterocycles. The second kappa shape index (κ2) is 7.12. The molecule has 0 N–H and O–H groups in total. The molecular weight excluding hydrogens is 391 g/mol. The summed E-state index contributed by atoms with van der Waals surface area (Å²) >= 11 is 0. The zero-order chi connectivity index (χ0) is 20.8. The summed E-state index contributed by atoms with van der Waals surface area (Å²) in [5.41, 5.74) is -1.35. The quantitative estimate of drug-likeness (QED) is 0.769. The lowest BCUT2D eigenvalue weighted by atomic mass is 10.0. The molecule has 2 aliphatic rings. The number of hydrogen-bond acceptors (Lipinski definition) is 5. The molecule has 154 valence electrons. The molecule has 2 aromatic rings. The van der Waals surface area contributed by atoms with E-state index >= 15 is 0 Å². The van der Waals surface area contributed by atoms with Crippen LogP contribution in [0.5, 0.6) is 0 Å². The number of halogens is 3. The average molecular weight is 409 g/mol. The fraction of sp³-hybridized carbons (Fsp3) is 0.500. The van der Waals surface area contributed by atoms with Gasteiger partial charge in [0.2, 0.25) is 11.7 Å². The minimum Gasteiger partial charge on any atom is -0.341 e. The van der Waals surface area contributed by atoms with Gasteiger partial charge in [0, 0.05) is 25.7 Å². The standard InChI is InChI=1S/C18H18F3N5O3/c19-18(20,21)14-6-3-11(9-22-14)10-25-17(29)26-12(4-5-13(27)15(26)23-25)16(28)24-7-1-2-8-24/h3,6,9,12H,1-2,4-5,7-8,10H2. The van der Waals surface area contributed by atoms with Gasteiger partial charge >= 0.3 is 11.9 Å². The topological polar surface area (TPSA) is 90.1 Å². The van der Waals surface area contributed by atoms with Gasteiger partial charge in [-0.1, -0.05) is 6.07 Å². The highest BCUT2D eigenvalue weighted by Gasteiger charge is 2.37. The molecule has 0 aromatic carbocycles. The molecular formula is C18H18F3N5O3. The van der Waals surface area contributed by atoms with Crippen LogP contribution >= 0.6 is 0 Å². The predicted molar refractivity (Wildman–Crippen MR) is 93.2 cm³/mol. The second-order valence-electron chi connectivity index (χ2n) is 7.19. The lowest BCUT2D eigenvalue weighted by Gasteiger charge is -2.26. The van der Waals surface area contributed by atoms with Crippen molar-refractivity contribution < 1.29 is 22.8 Å². The van der Waals surface area contributed by atoms with E-state index in [9.17, 15) is 27.6 Å². The fourth-order valence-corrected chi connectivity index (χ4v) is 3.74. The van der Waals surface area contributed by atoms with Crippen LogP contribution in [0.3, 0.4) is 0 Å². The van der Waals surface area contributed by atoms with Gasteiger partial charge in [-0.05, 0) is 30.9 Å². The van der Waals surface area contributed by atoms with Gasteiger partial charge in [-0.3, -0.25) is 19.1 Å². The number of carbonyl (C=O) groups excluding carboxylic acids is 2. The number of ketones is 1. The first-order chi connectivity index (χ1) is 13.8. The molecule has 11 heteroatoms. The van der Waals surface area contributed by atoms with E-state index in [2.05, 4.69) is 10.1 Å². The van der Waals surface area contributed by atoms with E-state index in [4.69, 9.17) is 0 Å². The third-order valence-corrected chi connectivity index (χ3v) is 5.23. The minimum absolute atomic E-state index is 0.0846. The zero-order valence-corrected chi connectivity index (χ0v) is 15.4. The Bertz CT molecular complexity index is 1000. The van der Waals surface area contributed by atoms with Gasteiger partial charge in [-0.15, -0.1) is 5.10 Å². The first-order valence-electron chi connectivity index (χ1n) is 9.29. The van der Waals surface area contributed by atoms with Crippen molar-refractivity contribution in [2.75, 3.05) is 13.1 Å². The molecule has 1 unspecified atom stereocenters. The molecule has 0 aliphatic carbocycles. The summed E-state index contributed by atoms with van der Waals surface area (Å²) in [6, 6.07) is 1.24. The largest absolute Gasteiger partial charge is 0.433 e. The number of aromatic nitrogens is 4. The Morgan fingerprint density at radius 3 is 2.52 bits per heavy atom. The second-order valence-corrected chi connectivity index (χ2v) is 7.19. The van der Waals surface area contributed by atoms with Gasteiger partial charge in [0.15, 0.2) is 5.78 Å². The molecule has 1 fully saturated rings. The van der Waals surface area contributed by atoms with Crippen LogP contribution in [-0.2, 0) is 17.5 Å². The van der Waals surface area contributed by atoms with Crippen LogP contribution in [-0.4, -0.2) is 49.0 Å². The summed E-state index contributed by atoms with van der Waals surface area (Å²) in [5, 5.41) is 4.05. The number of carbonyl (C=O) groups is 2. The van der Waals surface area contributed by atoms with E-state index in [1.807, 2.05) is 0 Å². The Kier molecular flexibility index (Phi) is 4.75. The van der Waals surface area contributed by atoms with Crippen molar-refractivity contribution in [3.05, 3.63) is 45.9 Å². The number of Topliss-reactive ketones (excluding diaryl/α,β-unsaturated/α-hetero) is 1. The van der Waals surface area contributed by atoms with E-state index in [0.29, 0.717) is 18.7 Å². The number of amides is 1. The lowest BCUT2D eigenvalue weighted by Crippen LogP contribution is -2.42. The van der Waals surface area contributed by atoms with E-state index in [-0.39, 0.29) is 36.9 Å². The highest BCUT2D eigenvalue weighted by Crippen LogP contribution is 2.28. The molecule has 0 spiro atoms. The summed E-state index contributed by atoms with van der Waals surface area (Å²) in [6.07, 6.45) is -1.39. The van der Waals surface area contributed by atoms with Crippen molar-refractivity contribution in [1.82, 2.24) is 24.2 Å². The highest BCUT2D eigenvalue weighted by atomic mass is 19.4. The Morgan fingerprint density at radius 2 is 1.90 bits per heavy atom. The number of fused-ring (bicyclic) bond motifs is 1. The van der Waals surface area contributed by atoms with Gasteiger partial charge in [-0.2, -0.15) is 13.2 Å². The first kappa shape index (κ1) is 19.3. The van der Waals surface area contributed by atoms with Gasteiger partial charge in [0.25, 0.3) is 0 Å². The third kappa shape index (κ3) is 3.56. The fourth-order valence-electron chi connectivity index (χ4n) is 3.74. The van der Waals surface area contributed by atoms with Crippen molar-refractivity contribution >= 4 is 11.7 Å². The van der Waals surface area contributed by atoms with Crippen LogP contribution in [0.2, 0.25) is 0 Å². The molecule has 0 saturated carbocycles. The van der Waals surface area contributed by atoms with Crippen molar-refractivity contribution in [3.8, 4) is 0 Å². The first-order valence-corrected chi connectivity index (χ1v) is 9.29. The summed E-state index contributed by atoms with van der Waals surface area (Å²) < 4.78 is 40.1. The Morgan fingerprint density at radius 1 is 1.17 bits per heavy atom. The van der Waals surface area contributed by atoms with Crippen molar-refractivity contribution in [3.63, 3.8) is 0 Å². The maximum atomic E-state index is 12.9. The Balaban J connectivity index is 1.63. The van der Waals surface area contributed by atoms with Gasteiger partial charge in [-0.25, -0.2) is 9.48 Å². The van der Waals surface area contributed by atoms with Gasteiger partial charge < -0.3 is 4.90 Å². The summed E-state index contributed by atoms with van der Waals surface area (Å²) in [5.74, 6) is -0.621. The predicted octanol–water partition coefficient (Wildman–Crippen LogP) is 1.65. The number of pyridine rings is 1. The smallest absolute Gasteiger partial charge is 0.341 e. The molecule has 0 radical (unpaired) electrons. The maximum Gasteiger partial charge on any atom is 0.433 e. The van der Waals surface area contributed by atoms with Crippen molar-refractivity contribution in [1.29, 1.82) is 0 Å². The monoisotopic (exact) mass is 409 g/mol.